The van der Waals surface area contributed by atoms with Crippen molar-refractivity contribution >= 4 is 25.3 Å². The third-order valence-corrected chi connectivity index (χ3v) is 5.81. The maximum absolute atomic E-state index is 12.8. The number of nitrogens with one attached hydrogen (secondary N) is 1. The molecular formula is C17H19ClNO5P. The Morgan fingerprint density at radius 1 is 1.08 bits per heavy atom. The fraction of sp³-hybridized carbons (Fsp3) is 0.235. The van der Waals surface area contributed by atoms with Gasteiger partial charge in [0.05, 0.1) is 0 Å². The molecule has 0 aliphatic carbocycles. The van der Waals surface area contributed by atoms with Gasteiger partial charge in [0.15, 0.2) is 5.78 Å². The largest absolute Gasteiger partial charge is 0.445 e. The van der Waals surface area contributed by atoms with Gasteiger partial charge < -0.3 is 19.1 Å². The molecule has 1 atom stereocenters. The number of hydrogen-bond acceptors (Lipinski definition) is 5. The van der Waals surface area contributed by atoms with Crippen molar-refractivity contribution in [3.05, 3.63) is 70.7 Å². The van der Waals surface area contributed by atoms with Crippen LogP contribution in [0, 0.1) is 0 Å². The number of rotatable bonds is 7. The summed E-state index contributed by atoms with van der Waals surface area (Å²) in [6, 6.07) is 15.7. The van der Waals surface area contributed by atoms with E-state index in [1.165, 1.54) is 14.2 Å². The number of hydrogen-bond donors (Lipinski definition) is 1. The molecule has 0 bridgehead atoms. The summed E-state index contributed by atoms with van der Waals surface area (Å²) in [5.41, 5.74) is 1.36. The lowest BCUT2D eigenvalue weighted by Gasteiger charge is -2.25. The van der Waals surface area contributed by atoms with Gasteiger partial charge in [-0.25, -0.2) is 4.79 Å². The van der Waals surface area contributed by atoms with E-state index in [1.807, 2.05) is 30.3 Å². The van der Waals surface area contributed by atoms with Crippen molar-refractivity contribution in [3.63, 3.8) is 0 Å². The van der Waals surface area contributed by atoms with Gasteiger partial charge in [-0.15, -0.1) is 0 Å². The predicted octanol–water partition coefficient (Wildman–Crippen LogP) is 4.75. The first kappa shape index (κ1) is 19.5. The molecule has 2 rings (SSSR count). The molecule has 0 unspecified atom stereocenters. The van der Waals surface area contributed by atoms with Crippen molar-refractivity contribution in [1.29, 1.82) is 0 Å². The zero-order valence-electron chi connectivity index (χ0n) is 13.8. The number of carbonyl (C=O) groups is 1. The van der Waals surface area contributed by atoms with Crippen molar-refractivity contribution < 1.29 is 23.1 Å². The van der Waals surface area contributed by atoms with E-state index >= 15 is 0 Å². The molecule has 0 aliphatic heterocycles. The second kappa shape index (κ2) is 9.02. The van der Waals surface area contributed by atoms with Crippen LogP contribution < -0.4 is 5.32 Å². The molecule has 0 aromatic heterocycles. The van der Waals surface area contributed by atoms with Gasteiger partial charge >= 0.3 is 13.7 Å². The molecule has 1 amide bonds. The molecule has 0 saturated heterocycles. The Balaban J connectivity index is 2.14. The average molecular weight is 384 g/mol. The van der Waals surface area contributed by atoms with Gasteiger partial charge in [-0.1, -0.05) is 54.1 Å². The fourth-order valence-electron chi connectivity index (χ4n) is 2.15. The predicted molar refractivity (Wildman–Crippen MR) is 95.6 cm³/mol. The second-order valence-corrected chi connectivity index (χ2v) is 7.83. The van der Waals surface area contributed by atoms with Crippen LogP contribution in [0.5, 0.6) is 0 Å². The Bertz CT molecular complexity index is 730. The maximum atomic E-state index is 12.8. The Morgan fingerprint density at radius 2 is 1.68 bits per heavy atom. The molecule has 0 radical (unpaired) electrons. The zero-order valence-corrected chi connectivity index (χ0v) is 15.5. The fourth-order valence-corrected chi connectivity index (χ4v) is 3.65. The highest BCUT2D eigenvalue weighted by Crippen LogP contribution is 2.58. The Hall–Kier alpha value is -1.85. The van der Waals surface area contributed by atoms with Crippen LogP contribution in [0.1, 0.15) is 16.9 Å². The molecule has 0 heterocycles. The van der Waals surface area contributed by atoms with Crippen LogP contribution in [-0.2, 0) is 25.0 Å². The lowest BCUT2D eigenvalue weighted by molar-refractivity contribution is 0.136. The lowest BCUT2D eigenvalue weighted by Crippen LogP contribution is -2.29. The van der Waals surface area contributed by atoms with Crippen molar-refractivity contribution in [2.75, 3.05) is 14.2 Å². The molecule has 134 valence electrons. The Labute approximate surface area is 151 Å². The van der Waals surface area contributed by atoms with Gasteiger partial charge in [0.1, 0.15) is 6.61 Å². The van der Waals surface area contributed by atoms with Crippen molar-refractivity contribution in [2.45, 2.75) is 12.4 Å². The molecule has 0 fully saturated rings. The summed E-state index contributed by atoms with van der Waals surface area (Å²) in [7, 11) is -1.12. The zero-order chi connectivity index (χ0) is 18.3. The van der Waals surface area contributed by atoms with Gasteiger partial charge in [-0.05, 0) is 23.3 Å². The maximum Gasteiger partial charge on any atom is 0.408 e. The Kier molecular flexibility index (Phi) is 7.02. The minimum Gasteiger partial charge on any atom is -0.445 e. The number of amides is 1. The molecule has 1 N–H and O–H groups in total. The highest BCUT2D eigenvalue weighted by atomic mass is 35.5. The second-order valence-electron chi connectivity index (χ2n) is 5.07. The average Bonchev–Trinajstić information content (AvgIpc) is 2.65. The van der Waals surface area contributed by atoms with E-state index in [0.717, 1.165) is 5.56 Å². The summed E-state index contributed by atoms with van der Waals surface area (Å²) < 4.78 is 28.0. The first-order chi connectivity index (χ1) is 12.0. The van der Waals surface area contributed by atoms with Gasteiger partial charge in [0.2, 0.25) is 0 Å². The first-order valence-electron chi connectivity index (χ1n) is 7.42. The topological polar surface area (TPSA) is 73.9 Å². The summed E-state index contributed by atoms with van der Waals surface area (Å²) >= 11 is 5.88. The van der Waals surface area contributed by atoms with Crippen LogP contribution in [0.15, 0.2) is 54.6 Å². The number of ether oxygens (including phenoxy) is 1. The molecule has 2 aromatic carbocycles. The molecule has 0 aliphatic rings. The third kappa shape index (κ3) is 5.31. The quantitative estimate of drug-likeness (QED) is 0.698. The van der Waals surface area contributed by atoms with Crippen molar-refractivity contribution in [2.24, 2.45) is 0 Å². The van der Waals surface area contributed by atoms with E-state index in [4.69, 9.17) is 25.4 Å². The molecule has 2 aromatic rings. The van der Waals surface area contributed by atoms with Crippen molar-refractivity contribution in [1.82, 2.24) is 5.32 Å². The summed E-state index contributed by atoms with van der Waals surface area (Å²) in [5.74, 6) is -1.02. The summed E-state index contributed by atoms with van der Waals surface area (Å²) in [6.45, 7) is 0.0876. The van der Waals surface area contributed by atoms with Crippen LogP contribution in [0.25, 0.3) is 0 Å². The van der Waals surface area contributed by atoms with Crippen LogP contribution >= 0.6 is 19.2 Å². The van der Waals surface area contributed by atoms with Gasteiger partial charge in [-0.3, -0.25) is 4.57 Å². The van der Waals surface area contributed by atoms with Gasteiger partial charge in [0.25, 0.3) is 0 Å². The molecule has 0 saturated carbocycles. The van der Waals surface area contributed by atoms with Gasteiger partial charge in [-0.2, -0.15) is 0 Å². The number of alkyl carbamates (subject to hydrolysis) is 1. The standard InChI is InChI=1S/C17H19ClNO5P/c1-22-25(21,23-2)16(14-8-10-15(18)11-9-14)19-17(20)24-12-13-6-4-3-5-7-13/h3-11,16H,12H2,1-2H3,(H,19,20)/t16-/m0/s1. The number of halogens is 1. The lowest BCUT2D eigenvalue weighted by atomic mass is 10.2. The molecule has 0 spiro atoms. The van der Waals surface area contributed by atoms with E-state index in [0.29, 0.717) is 10.6 Å². The monoisotopic (exact) mass is 383 g/mol. The Morgan fingerprint density at radius 3 is 2.24 bits per heavy atom. The minimum atomic E-state index is -3.63. The highest BCUT2D eigenvalue weighted by molar-refractivity contribution is 7.54. The highest BCUT2D eigenvalue weighted by Gasteiger charge is 2.37. The first-order valence-corrected chi connectivity index (χ1v) is 9.41. The molecule has 25 heavy (non-hydrogen) atoms. The normalized spacial score (nSPS) is 12.4. The molecule has 8 heteroatoms. The van der Waals surface area contributed by atoms with Crippen LogP contribution in [0.2, 0.25) is 5.02 Å². The summed E-state index contributed by atoms with van der Waals surface area (Å²) in [4.78, 5) is 12.2. The van der Waals surface area contributed by atoms with Crippen LogP contribution in [0.4, 0.5) is 4.79 Å². The minimum absolute atomic E-state index is 0.0876. The van der Waals surface area contributed by atoms with Crippen LogP contribution in [-0.4, -0.2) is 20.3 Å². The third-order valence-electron chi connectivity index (χ3n) is 3.48. The van der Waals surface area contributed by atoms with Gasteiger partial charge in [0, 0.05) is 19.2 Å². The summed E-state index contributed by atoms with van der Waals surface area (Å²) in [5, 5.41) is 3.06. The van der Waals surface area contributed by atoms with E-state index in [1.54, 1.807) is 24.3 Å². The van der Waals surface area contributed by atoms with E-state index in [9.17, 15) is 9.36 Å². The molecular weight excluding hydrogens is 365 g/mol. The van der Waals surface area contributed by atoms with Crippen molar-refractivity contribution in [3.8, 4) is 0 Å². The number of carbonyl (C=O) groups excluding carboxylic acids is 1. The number of benzene rings is 2. The van der Waals surface area contributed by atoms with E-state index < -0.39 is 19.5 Å². The van der Waals surface area contributed by atoms with Crippen LogP contribution in [0.3, 0.4) is 0 Å². The van der Waals surface area contributed by atoms with E-state index in [-0.39, 0.29) is 6.61 Å². The summed E-state index contributed by atoms with van der Waals surface area (Å²) in [6.07, 6.45) is -0.738. The van der Waals surface area contributed by atoms with E-state index in [2.05, 4.69) is 5.32 Å². The molecule has 6 nitrogen and oxygen atoms in total. The SMILES string of the molecule is COP(=O)(OC)[C@H](NC(=O)OCc1ccccc1)c1ccc(Cl)cc1. The smallest absolute Gasteiger partial charge is 0.408 e.